The molecule has 2 bridgehead atoms. The van der Waals surface area contributed by atoms with Gasteiger partial charge in [-0.15, -0.1) is 0 Å². The molecule has 0 aliphatic heterocycles. The van der Waals surface area contributed by atoms with Crippen LogP contribution in [0.4, 0.5) is 0 Å². The maximum absolute atomic E-state index is 12.2. The van der Waals surface area contributed by atoms with Gasteiger partial charge in [0.2, 0.25) is 15.9 Å². The molecule has 3 atom stereocenters. The number of hydrogen-bond donors (Lipinski definition) is 1. The average molecular weight is 332 g/mol. The van der Waals surface area contributed by atoms with Gasteiger partial charge >= 0.3 is 0 Å². The number of hydrogen-bond acceptors (Lipinski definition) is 4. The van der Waals surface area contributed by atoms with E-state index in [1.165, 1.54) is 19.3 Å². The van der Waals surface area contributed by atoms with Crippen LogP contribution in [0.5, 0.6) is 0 Å². The molecule has 1 amide bonds. The van der Waals surface area contributed by atoms with Crippen molar-refractivity contribution in [3.8, 4) is 6.07 Å². The van der Waals surface area contributed by atoms with Gasteiger partial charge in [0.15, 0.2) is 0 Å². The minimum absolute atomic E-state index is 0.292. The zero-order valence-electron chi connectivity index (χ0n) is 12.9. The second-order valence-electron chi connectivity index (χ2n) is 6.69. The second-order valence-corrected chi connectivity index (χ2v) is 8.41. The van der Waals surface area contributed by atoms with E-state index in [0.29, 0.717) is 29.4 Å². The van der Waals surface area contributed by atoms with Crippen LogP contribution in [-0.2, 0) is 20.6 Å². The van der Waals surface area contributed by atoms with Crippen LogP contribution < -0.4 is 4.72 Å². The van der Waals surface area contributed by atoms with Crippen LogP contribution in [0.3, 0.4) is 0 Å². The third-order valence-corrected chi connectivity index (χ3v) is 6.31. The largest absolute Gasteiger partial charge is 0.274 e. The van der Waals surface area contributed by atoms with Crippen LogP contribution in [0.15, 0.2) is 24.3 Å². The summed E-state index contributed by atoms with van der Waals surface area (Å²) in [6, 6.07) is 8.50. The van der Waals surface area contributed by atoms with Crippen molar-refractivity contribution in [1.29, 1.82) is 5.26 Å². The molecule has 5 nitrogen and oxygen atoms in total. The summed E-state index contributed by atoms with van der Waals surface area (Å²) in [5.41, 5.74) is 0.730. The highest BCUT2D eigenvalue weighted by Crippen LogP contribution is 2.49. The zero-order valence-corrected chi connectivity index (χ0v) is 13.7. The fourth-order valence-corrected chi connectivity index (χ4v) is 5.24. The molecule has 0 heterocycles. The van der Waals surface area contributed by atoms with Crippen LogP contribution in [0.2, 0.25) is 0 Å². The molecule has 2 aliphatic rings. The topological polar surface area (TPSA) is 87.0 Å². The minimum Gasteiger partial charge on any atom is -0.274 e. The van der Waals surface area contributed by atoms with Crippen molar-refractivity contribution in [3.05, 3.63) is 35.4 Å². The standard InChI is InChI=1S/C17H20N2O3S/c18-10-14-3-1-2-4-15(14)11-23(21,22)19-17(20)9-16-8-12-5-6-13(16)7-12/h1-4,12-13,16H,5-9,11H2,(H,19,20)/t12-,13-,16-/m0/s1. The molecule has 0 spiro atoms. The van der Waals surface area contributed by atoms with E-state index >= 15 is 0 Å². The summed E-state index contributed by atoms with van der Waals surface area (Å²) in [6.07, 6.45) is 4.97. The molecule has 23 heavy (non-hydrogen) atoms. The predicted molar refractivity (Wildman–Crippen MR) is 85.5 cm³/mol. The first-order valence-electron chi connectivity index (χ1n) is 7.98. The third-order valence-electron chi connectivity index (χ3n) is 5.08. The summed E-state index contributed by atoms with van der Waals surface area (Å²) in [4.78, 5) is 12.1. The second kappa shape index (κ2) is 6.32. The number of nitrogens with one attached hydrogen (secondary N) is 1. The molecule has 2 aliphatic carbocycles. The average Bonchev–Trinajstić information content (AvgIpc) is 3.09. The van der Waals surface area contributed by atoms with E-state index in [1.54, 1.807) is 24.3 Å². The van der Waals surface area contributed by atoms with Gasteiger partial charge < -0.3 is 0 Å². The number of sulfonamides is 1. The van der Waals surface area contributed by atoms with Gasteiger partial charge in [-0.25, -0.2) is 8.42 Å². The fourth-order valence-electron chi connectivity index (χ4n) is 4.08. The summed E-state index contributed by atoms with van der Waals surface area (Å²) in [5, 5.41) is 9.02. The molecule has 122 valence electrons. The van der Waals surface area contributed by atoms with Crippen LogP contribution >= 0.6 is 0 Å². The maximum atomic E-state index is 12.2. The van der Waals surface area contributed by atoms with Gasteiger partial charge in [0.25, 0.3) is 0 Å². The van der Waals surface area contributed by atoms with E-state index in [2.05, 4.69) is 4.72 Å². The Kier molecular flexibility index (Phi) is 4.40. The predicted octanol–water partition coefficient (Wildman–Crippen LogP) is 2.33. The Bertz CT molecular complexity index is 751. The highest BCUT2D eigenvalue weighted by Gasteiger charge is 2.40. The Morgan fingerprint density at radius 2 is 2.04 bits per heavy atom. The maximum Gasteiger partial charge on any atom is 0.239 e. The summed E-state index contributed by atoms with van der Waals surface area (Å²) in [7, 11) is -3.77. The van der Waals surface area contributed by atoms with E-state index in [4.69, 9.17) is 5.26 Å². The number of amides is 1. The van der Waals surface area contributed by atoms with Crippen molar-refractivity contribution >= 4 is 15.9 Å². The lowest BCUT2D eigenvalue weighted by Gasteiger charge is -2.20. The van der Waals surface area contributed by atoms with Gasteiger partial charge in [0.05, 0.1) is 17.4 Å². The summed E-state index contributed by atoms with van der Waals surface area (Å²) in [5.74, 6) is 0.885. The highest BCUT2D eigenvalue weighted by molar-refractivity contribution is 7.89. The van der Waals surface area contributed by atoms with Crippen LogP contribution in [0.25, 0.3) is 0 Å². The van der Waals surface area contributed by atoms with Crippen molar-refractivity contribution in [2.24, 2.45) is 17.8 Å². The molecule has 2 fully saturated rings. The monoisotopic (exact) mass is 332 g/mol. The molecule has 2 saturated carbocycles. The van der Waals surface area contributed by atoms with Crippen molar-refractivity contribution in [3.63, 3.8) is 0 Å². The quantitative estimate of drug-likeness (QED) is 0.896. The van der Waals surface area contributed by atoms with Crippen LogP contribution in [0.1, 0.15) is 43.2 Å². The number of carbonyl (C=O) groups excluding carboxylic acids is 1. The number of rotatable bonds is 5. The SMILES string of the molecule is N#Cc1ccccc1CS(=O)(=O)NC(=O)C[C@@H]1C[C@H]2CC[C@H]1C2. The fraction of sp³-hybridized carbons (Fsp3) is 0.529. The Morgan fingerprint density at radius 3 is 2.70 bits per heavy atom. The van der Waals surface area contributed by atoms with Gasteiger partial charge in [-0.3, -0.25) is 9.52 Å². The van der Waals surface area contributed by atoms with E-state index < -0.39 is 15.9 Å². The Morgan fingerprint density at radius 1 is 1.26 bits per heavy atom. The van der Waals surface area contributed by atoms with Crippen molar-refractivity contribution < 1.29 is 13.2 Å². The highest BCUT2D eigenvalue weighted by atomic mass is 32.2. The smallest absolute Gasteiger partial charge is 0.239 e. The molecule has 1 aromatic rings. The number of carbonyl (C=O) groups is 1. The summed E-state index contributed by atoms with van der Waals surface area (Å²) < 4.78 is 26.5. The summed E-state index contributed by atoms with van der Waals surface area (Å²) >= 11 is 0. The lowest BCUT2D eigenvalue weighted by atomic mass is 9.86. The molecule has 0 saturated heterocycles. The number of nitrogens with zero attached hydrogens (tertiary/aromatic N) is 1. The lowest BCUT2D eigenvalue weighted by Crippen LogP contribution is -2.33. The number of fused-ring (bicyclic) bond motifs is 2. The van der Waals surface area contributed by atoms with Gasteiger partial charge in [0.1, 0.15) is 0 Å². The Labute approximate surface area is 136 Å². The number of benzene rings is 1. The van der Waals surface area contributed by atoms with Crippen LogP contribution in [0, 0.1) is 29.1 Å². The molecule has 6 heteroatoms. The number of nitriles is 1. The zero-order chi connectivity index (χ0) is 16.4. The van der Waals surface area contributed by atoms with Crippen molar-refractivity contribution in [1.82, 2.24) is 4.72 Å². The minimum atomic E-state index is -3.77. The summed E-state index contributed by atoms with van der Waals surface area (Å²) in [6.45, 7) is 0. The normalized spacial score (nSPS) is 26.0. The van der Waals surface area contributed by atoms with Gasteiger partial charge in [-0.1, -0.05) is 24.6 Å². The van der Waals surface area contributed by atoms with Crippen molar-refractivity contribution in [2.75, 3.05) is 0 Å². The Balaban J connectivity index is 1.60. The first kappa shape index (κ1) is 16.0. The van der Waals surface area contributed by atoms with Crippen LogP contribution in [-0.4, -0.2) is 14.3 Å². The molecule has 1 aromatic carbocycles. The van der Waals surface area contributed by atoms with Gasteiger partial charge in [-0.2, -0.15) is 5.26 Å². The first-order chi connectivity index (χ1) is 11.0. The molecule has 0 radical (unpaired) electrons. The van der Waals surface area contributed by atoms with E-state index in [1.807, 2.05) is 6.07 Å². The third kappa shape index (κ3) is 3.73. The van der Waals surface area contributed by atoms with E-state index in [0.717, 1.165) is 12.3 Å². The van der Waals surface area contributed by atoms with E-state index in [9.17, 15) is 13.2 Å². The van der Waals surface area contributed by atoms with Gasteiger partial charge in [0, 0.05) is 6.42 Å². The molecule has 0 unspecified atom stereocenters. The molecule has 0 aromatic heterocycles. The first-order valence-corrected chi connectivity index (χ1v) is 9.63. The van der Waals surface area contributed by atoms with Gasteiger partial charge in [-0.05, 0) is 48.6 Å². The van der Waals surface area contributed by atoms with Crippen molar-refractivity contribution in [2.45, 2.75) is 37.9 Å². The Hall–Kier alpha value is -1.87. The molecular weight excluding hydrogens is 312 g/mol. The molecular formula is C17H20N2O3S. The lowest BCUT2D eigenvalue weighted by molar-refractivity contribution is -0.120. The molecule has 1 N–H and O–H groups in total. The molecule has 3 rings (SSSR count). The van der Waals surface area contributed by atoms with E-state index in [-0.39, 0.29) is 5.75 Å².